The van der Waals surface area contributed by atoms with E-state index >= 15 is 0 Å². The Labute approximate surface area is 235 Å². The highest BCUT2D eigenvalue weighted by Gasteiger charge is 2.50. The number of nitrogens with zero attached hydrogens (tertiary/aromatic N) is 1. The molecule has 5 nitrogen and oxygen atoms in total. The fraction of sp³-hybridized carbons (Fsp3) is 0.424. The van der Waals surface area contributed by atoms with E-state index in [1.165, 1.54) is 15.9 Å². The Morgan fingerprint density at radius 2 is 1.54 bits per heavy atom. The van der Waals surface area contributed by atoms with Gasteiger partial charge in [0.25, 0.3) is 8.32 Å². The van der Waals surface area contributed by atoms with Crippen molar-refractivity contribution < 1.29 is 9.22 Å². The molecule has 0 aliphatic carbocycles. The summed E-state index contributed by atoms with van der Waals surface area (Å²) in [4.78, 5) is 15.8. The Kier molecular flexibility index (Phi) is 8.69. The molecule has 6 heteroatoms. The molecule has 0 fully saturated rings. The van der Waals surface area contributed by atoms with Gasteiger partial charge in [-0.25, -0.2) is 0 Å². The second-order valence-electron chi connectivity index (χ2n) is 12.4. The number of nitrogens with two attached hydrogens (primary N) is 1. The summed E-state index contributed by atoms with van der Waals surface area (Å²) in [6.07, 6.45) is 0.688. The maximum absolute atomic E-state index is 13.7. The van der Waals surface area contributed by atoms with Gasteiger partial charge >= 0.3 is 0 Å². The van der Waals surface area contributed by atoms with Crippen molar-refractivity contribution in [3.63, 3.8) is 0 Å². The maximum Gasteiger partial charge on any atom is 0.261 e. The summed E-state index contributed by atoms with van der Waals surface area (Å²) >= 11 is 0. The summed E-state index contributed by atoms with van der Waals surface area (Å²) < 4.78 is 7.24. The normalized spacial score (nSPS) is 19.2. The highest BCUT2D eigenvalue weighted by Crippen LogP contribution is 2.37. The van der Waals surface area contributed by atoms with Crippen LogP contribution in [-0.4, -0.2) is 40.0 Å². The van der Waals surface area contributed by atoms with Gasteiger partial charge in [-0.3, -0.25) is 4.79 Å². The van der Waals surface area contributed by atoms with Crippen molar-refractivity contribution in [2.75, 3.05) is 18.6 Å². The molecular formula is C33H45N3O2Si. The highest BCUT2D eigenvalue weighted by molar-refractivity contribution is 6.99. The number of rotatable bonds is 7. The SMILES string of the molecule is CC(C)[C@H]1C(=O)N[C@H](CO[Si](c2ccccc2)(c2ccccc2)C(C)(C)C)Cc2ccc([C@@H](C)N)cc2N1C. The Morgan fingerprint density at radius 3 is 2.03 bits per heavy atom. The average Bonchev–Trinajstić information content (AvgIpc) is 2.88. The van der Waals surface area contributed by atoms with E-state index in [0.717, 1.165) is 11.3 Å². The van der Waals surface area contributed by atoms with Gasteiger partial charge < -0.3 is 20.4 Å². The van der Waals surface area contributed by atoms with Crippen molar-refractivity contribution >= 4 is 30.3 Å². The molecule has 0 unspecified atom stereocenters. The molecule has 3 N–H and O–H groups in total. The Morgan fingerprint density at radius 1 is 0.974 bits per heavy atom. The summed E-state index contributed by atoms with van der Waals surface area (Å²) in [6.45, 7) is 13.5. The van der Waals surface area contributed by atoms with Crippen LogP contribution >= 0.6 is 0 Å². The third-order valence-electron chi connectivity index (χ3n) is 8.06. The van der Waals surface area contributed by atoms with E-state index in [-0.39, 0.29) is 35.0 Å². The van der Waals surface area contributed by atoms with Crippen LogP contribution in [0.2, 0.25) is 5.04 Å². The fourth-order valence-corrected chi connectivity index (χ4v) is 10.7. The second kappa shape index (κ2) is 11.7. The predicted molar refractivity (Wildman–Crippen MR) is 165 cm³/mol. The van der Waals surface area contributed by atoms with Gasteiger partial charge in [0.15, 0.2) is 0 Å². The summed E-state index contributed by atoms with van der Waals surface area (Å²) in [5.74, 6) is 0.179. The van der Waals surface area contributed by atoms with E-state index < -0.39 is 8.32 Å². The fourth-order valence-electron chi connectivity index (χ4n) is 6.13. The highest BCUT2D eigenvalue weighted by atomic mass is 28.4. The number of anilines is 1. The molecule has 1 amide bonds. The van der Waals surface area contributed by atoms with Crippen LogP contribution in [0.4, 0.5) is 5.69 Å². The molecule has 4 rings (SSSR count). The maximum atomic E-state index is 13.7. The summed E-state index contributed by atoms with van der Waals surface area (Å²) in [5.41, 5.74) is 9.59. The zero-order chi connectivity index (χ0) is 28.4. The predicted octanol–water partition coefficient (Wildman–Crippen LogP) is 4.78. The quantitative estimate of drug-likeness (QED) is 0.421. The zero-order valence-corrected chi connectivity index (χ0v) is 25.6. The molecule has 1 aliphatic heterocycles. The number of hydrogen-bond acceptors (Lipinski definition) is 4. The van der Waals surface area contributed by atoms with E-state index in [0.29, 0.717) is 13.0 Å². The monoisotopic (exact) mass is 543 g/mol. The van der Waals surface area contributed by atoms with Crippen LogP contribution in [0.15, 0.2) is 78.9 Å². The summed E-state index contributed by atoms with van der Waals surface area (Å²) in [7, 11) is -0.709. The van der Waals surface area contributed by atoms with Crippen LogP contribution in [0, 0.1) is 5.92 Å². The van der Waals surface area contributed by atoms with E-state index in [9.17, 15) is 4.79 Å². The van der Waals surface area contributed by atoms with Gasteiger partial charge in [-0.2, -0.15) is 0 Å². The number of amides is 1. The third-order valence-corrected chi connectivity index (χ3v) is 13.1. The van der Waals surface area contributed by atoms with Crippen LogP contribution < -0.4 is 26.3 Å². The number of carbonyl (C=O) groups is 1. The molecule has 0 saturated heterocycles. The lowest BCUT2D eigenvalue weighted by Gasteiger charge is -2.44. The first kappa shape index (κ1) is 29.1. The molecular weight excluding hydrogens is 498 g/mol. The zero-order valence-electron chi connectivity index (χ0n) is 24.6. The minimum Gasteiger partial charge on any atom is -0.405 e. The van der Waals surface area contributed by atoms with Gasteiger partial charge in [-0.05, 0) is 51.9 Å². The molecule has 0 bridgehead atoms. The number of fused-ring (bicyclic) bond motifs is 1. The van der Waals surface area contributed by atoms with E-state index in [1.807, 2.05) is 14.0 Å². The Hall–Kier alpha value is -2.93. The number of benzene rings is 3. The average molecular weight is 544 g/mol. The first-order valence-electron chi connectivity index (χ1n) is 14.1. The topological polar surface area (TPSA) is 67.6 Å². The first-order valence-corrected chi connectivity index (χ1v) is 16.0. The number of likely N-dealkylation sites (N-methyl/N-ethyl adjacent to an activating group) is 1. The van der Waals surface area contributed by atoms with Crippen LogP contribution in [0.1, 0.15) is 58.7 Å². The molecule has 208 valence electrons. The molecule has 0 aromatic heterocycles. The van der Waals surface area contributed by atoms with Crippen LogP contribution in [-0.2, 0) is 15.6 Å². The molecule has 1 aliphatic rings. The molecule has 39 heavy (non-hydrogen) atoms. The lowest BCUT2D eigenvalue weighted by atomic mass is 9.93. The van der Waals surface area contributed by atoms with Crippen LogP contribution in [0.3, 0.4) is 0 Å². The van der Waals surface area contributed by atoms with Gasteiger partial charge in [0.05, 0.1) is 12.6 Å². The van der Waals surface area contributed by atoms with E-state index in [4.69, 9.17) is 10.2 Å². The lowest BCUT2D eigenvalue weighted by molar-refractivity contribution is -0.124. The summed E-state index contributed by atoms with van der Waals surface area (Å²) in [6, 6.07) is 27.3. The molecule has 0 radical (unpaired) electrons. The smallest absolute Gasteiger partial charge is 0.261 e. The second-order valence-corrected chi connectivity index (χ2v) is 16.7. The summed E-state index contributed by atoms with van der Waals surface area (Å²) in [5, 5.41) is 5.72. The number of hydrogen-bond donors (Lipinski definition) is 2. The first-order chi connectivity index (χ1) is 18.5. The lowest BCUT2D eigenvalue weighted by Crippen LogP contribution is -2.67. The molecule has 3 atom stereocenters. The largest absolute Gasteiger partial charge is 0.405 e. The van der Waals surface area contributed by atoms with Crippen molar-refractivity contribution in [1.29, 1.82) is 0 Å². The molecule has 0 saturated carbocycles. The number of carbonyl (C=O) groups excluding carboxylic acids is 1. The van der Waals surface area contributed by atoms with Crippen molar-refractivity contribution in [3.8, 4) is 0 Å². The van der Waals surface area contributed by atoms with Gasteiger partial charge in [-0.1, -0.05) is 107 Å². The van der Waals surface area contributed by atoms with Crippen molar-refractivity contribution in [3.05, 3.63) is 90.0 Å². The van der Waals surface area contributed by atoms with Gasteiger partial charge in [0, 0.05) is 18.8 Å². The van der Waals surface area contributed by atoms with Crippen LogP contribution in [0.5, 0.6) is 0 Å². The Bertz CT molecular complexity index is 1220. The van der Waals surface area contributed by atoms with Crippen molar-refractivity contribution in [2.24, 2.45) is 11.7 Å². The van der Waals surface area contributed by atoms with Gasteiger partial charge in [-0.15, -0.1) is 0 Å². The van der Waals surface area contributed by atoms with Crippen LogP contribution in [0.25, 0.3) is 0 Å². The number of nitrogens with one attached hydrogen (secondary N) is 1. The van der Waals surface area contributed by atoms with Gasteiger partial charge in [0.1, 0.15) is 6.04 Å². The molecule has 3 aromatic carbocycles. The van der Waals surface area contributed by atoms with Crippen molar-refractivity contribution in [1.82, 2.24) is 5.32 Å². The Balaban J connectivity index is 1.77. The molecule has 0 spiro atoms. The van der Waals surface area contributed by atoms with Crippen molar-refractivity contribution in [2.45, 2.75) is 71.1 Å². The minimum atomic E-state index is -2.73. The van der Waals surface area contributed by atoms with E-state index in [2.05, 4.69) is 124 Å². The van der Waals surface area contributed by atoms with E-state index in [1.54, 1.807) is 0 Å². The standard InChI is InChI=1S/C33H45N3O2Si/c1-23(2)31-32(37)35-27(20-26-19-18-25(24(3)34)21-30(26)36(31)7)22-38-39(33(4,5)6,28-14-10-8-11-15-28)29-16-12-9-13-17-29/h8-19,21,23-24,27,31H,20,22,34H2,1-7H3,(H,35,37)/t24-,27+,31+/m1/s1. The van der Waals surface area contributed by atoms with Gasteiger partial charge in [0.2, 0.25) is 5.91 Å². The molecule has 3 aromatic rings. The molecule has 1 heterocycles. The minimum absolute atomic E-state index is 0.0420. The third kappa shape index (κ3) is 5.83.